The van der Waals surface area contributed by atoms with E-state index in [4.69, 9.17) is 4.74 Å². The molecule has 134 valence electrons. The van der Waals surface area contributed by atoms with Crippen LogP contribution in [0.2, 0.25) is 0 Å². The second-order valence-electron chi connectivity index (χ2n) is 6.30. The van der Waals surface area contributed by atoms with E-state index in [0.717, 1.165) is 6.07 Å². The highest BCUT2D eigenvalue weighted by Gasteiger charge is 2.36. The number of nitrogens with zero attached hydrogens (tertiary/aromatic N) is 1. The van der Waals surface area contributed by atoms with Gasteiger partial charge in [-0.2, -0.15) is 13.2 Å². The first-order valence-corrected chi connectivity index (χ1v) is 8.02. The van der Waals surface area contributed by atoms with E-state index in [9.17, 15) is 18.0 Å². The average Bonchev–Trinajstić information content (AvgIpc) is 2.54. The van der Waals surface area contributed by atoms with Gasteiger partial charge in [-0.1, -0.05) is 13.8 Å². The van der Waals surface area contributed by atoms with Crippen molar-refractivity contribution in [3.05, 3.63) is 23.8 Å². The minimum atomic E-state index is -4.48. The fourth-order valence-electron chi connectivity index (χ4n) is 2.74. The van der Waals surface area contributed by atoms with Crippen molar-refractivity contribution < 1.29 is 22.7 Å². The van der Waals surface area contributed by atoms with Crippen molar-refractivity contribution in [2.45, 2.75) is 39.0 Å². The van der Waals surface area contributed by atoms with Crippen LogP contribution < -0.4 is 10.2 Å². The molecule has 4 nitrogen and oxygen atoms in total. The summed E-state index contributed by atoms with van der Waals surface area (Å²) in [6.07, 6.45) is -2.99. The maximum absolute atomic E-state index is 13.5. The SMILES string of the molecule is COC1CCN(c2ccc(NC(=O)C(C)C)cc2C(F)(F)F)CC1. The topological polar surface area (TPSA) is 41.6 Å². The fourth-order valence-corrected chi connectivity index (χ4v) is 2.74. The third-order valence-corrected chi connectivity index (χ3v) is 4.21. The number of hydrogen-bond acceptors (Lipinski definition) is 3. The van der Waals surface area contributed by atoms with E-state index in [1.165, 1.54) is 12.1 Å². The van der Waals surface area contributed by atoms with Gasteiger partial charge in [-0.3, -0.25) is 4.79 Å². The van der Waals surface area contributed by atoms with Crippen LogP contribution in [0.15, 0.2) is 18.2 Å². The summed E-state index contributed by atoms with van der Waals surface area (Å²) in [5.74, 6) is -0.608. The van der Waals surface area contributed by atoms with Gasteiger partial charge in [-0.15, -0.1) is 0 Å². The molecular formula is C17H23F3N2O2. The van der Waals surface area contributed by atoms with E-state index in [1.54, 1.807) is 25.9 Å². The molecule has 0 saturated carbocycles. The van der Waals surface area contributed by atoms with E-state index in [-0.39, 0.29) is 29.3 Å². The molecule has 1 aliphatic heterocycles. The van der Waals surface area contributed by atoms with Crippen molar-refractivity contribution >= 4 is 17.3 Å². The number of ether oxygens (including phenoxy) is 1. The summed E-state index contributed by atoms with van der Waals surface area (Å²) in [5.41, 5.74) is -0.406. The standard InChI is InChI=1S/C17H23F3N2O2/c1-11(2)16(23)21-12-4-5-15(14(10-12)17(18,19)20)22-8-6-13(24-3)7-9-22/h4-5,10-11,13H,6-9H2,1-3H3,(H,21,23). The number of carbonyl (C=O) groups excluding carboxylic acids is 1. The smallest absolute Gasteiger partial charge is 0.381 e. The van der Waals surface area contributed by atoms with Crippen LogP contribution in [-0.4, -0.2) is 32.2 Å². The summed E-state index contributed by atoms with van der Waals surface area (Å²) in [7, 11) is 1.62. The number of piperidine rings is 1. The Kier molecular flexibility index (Phi) is 5.74. The maximum atomic E-state index is 13.5. The molecule has 1 heterocycles. The Morgan fingerprint density at radius 1 is 1.29 bits per heavy atom. The maximum Gasteiger partial charge on any atom is 0.418 e. The number of carbonyl (C=O) groups is 1. The molecule has 0 atom stereocenters. The van der Waals surface area contributed by atoms with E-state index < -0.39 is 11.7 Å². The van der Waals surface area contributed by atoms with Gasteiger partial charge in [0.2, 0.25) is 5.91 Å². The van der Waals surface area contributed by atoms with Crippen LogP contribution in [0.25, 0.3) is 0 Å². The first-order chi connectivity index (χ1) is 11.2. The third kappa shape index (κ3) is 4.41. The Balaban J connectivity index is 2.26. The van der Waals surface area contributed by atoms with Crippen LogP contribution in [0.4, 0.5) is 24.5 Å². The second-order valence-corrected chi connectivity index (χ2v) is 6.30. The van der Waals surface area contributed by atoms with Crippen LogP contribution in [0.3, 0.4) is 0 Å². The van der Waals surface area contributed by atoms with Gasteiger partial charge >= 0.3 is 6.18 Å². The van der Waals surface area contributed by atoms with Crippen LogP contribution in [0.1, 0.15) is 32.3 Å². The normalized spacial score (nSPS) is 16.5. The minimum absolute atomic E-state index is 0.0974. The van der Waals surface area contributed by atoms with Gasteiger partial charge < -0.3 is 15.0 Å². The first kappa shape index (κ1) is 18.6. The highest BCUT2D eigenvalue weighted by molar-refractivity contribution is 5.92. The monoisotopic (exact) mass is 344 g/mol. The van der Waals surface area contributed by atoms with Crippen molar-refractivity contribution in [3.8, 4) is 0 Å². The number of nitrogens with one attached hydrogen (secondary N) is 1. The minimum Gasteiger partial charge on any atom is -0.381 e. The number of amides is 1. The van der Waals surface area contributed by atoms with Crippen molar-refractivity contribution in [3.63, 3.8) is 0 Å². The molecule has 7 heteroatoms. The molecule has 1 N–H and O–H groups in total. The summed E-state index contributed by atoms with van der Waals surface area (Å²) < 4.78 is 45.6. The summed E-state index contributed by atoms with van der Waals surface area (Å²) in [4.78, 5) is 13.4. The lowest BCUT2D eigenvalue weighted by atomic mass is 10.0. The number of methoxy groups -OCH3 is 1. The highest BCUT2D eigenvalue weighted by atomic mass is 19.4. The van der Waals surface area contributed by atoms with E-state index in [2.05, 4.69) is 5.32 Å². The number of alkyl halides is 3. The summed E-state index contributed by atoms with van der Waals surface area (Å²) in [6.45, 7) is 4.40. The van der Waals surface area contributed by atoms with Gasteiger partial charge in [0.15, 0.2) is 0 Å². The van der Waals surface area contributed by atoms with Crippen LogP contribution in [0, 0.1) is 5.92 Å². The Labute approximate surface area is 140 Å². The lowest BCUT2D eigenvalue weighted by Crippen LogP contribution is -2.37. The molecule has 0 spiro atoms. The molecule has 1 aromatic rings. The van der Waals surface area contributed by atoms with Gasteiger partial charge in [0, 0.05) is 37.5 Å². The van der Waals surface area contributed by atoms with Crippen molar-refractivity contribution in [2.75, 3.05) is 30.4 Å². The van der Waals surface area contributed by atoms with E-state index in [0.29, 0.717) is 25.9 Å². The molecule has 1 aromatic carbocycles. The predicted octanol–water partition coefficient (Wildman–Crippen LogP) is 3.92. The fraction of sp³-hybridized carbons (Fsp3) is 0.588. The zero-order chi connectivity index (χ0) is 17.9. The Bertz CT molecular complexity index is 580. The Morgan fingerprint density at radius 3 is 2.42 bits per heavy atom. The molecule has 0 aromatic heterocycles. The van der Waals surface area contributed by atoms with Gasteiger partial charge in [-0.25, -0.2) is 0 Å². The van der Waals surface area contributed by atoms with Crippen molar-refractivity contribution in [1.82, 2.24) is 0 Å². The molecule has 24 heavy (non-hydrogen) atoms. The third-order valence-electron chi connectivity index (χ3n) is 4.21. The van der Waals surface area contributed by atoms with E-state index in [1.807, 2.05) is 0 Å². The summed E-state index contributed by atoms with van der Waals surface area (Å²) >= 11 is 0. The summed E-state index contributed by atoms with van der Waals surface area (Å²) in [5, 5.41) is 2.52. The van der Waals surface area contributed by atoms with Crippen LogP contribution in [0.5, 0.6) is 0 Å². The van der Waals surface area contributed by atoms with Gasteiger partial charge in [0.1, 0.15) is 0 Å². The number of benzene rings is 1. The average molecular weight is 344 g/mol. The molecule has 0 bridgehead atoms. The van der Waals surface area contributed by atoms with Crippen LogP contribution >= 0.6 is 0 Å². The molecule has 1 saturated heterocycles. The number of hydrogen-bond donors (Lipinski definition) is 1. The zero-order valence-electron chi connectivity index (χ0n) is 14.1. The summed E-state index contributed by atoms with van der Waals surface area (Å²) in [6, 6.07) is 3.97. The van der Waals surface area contributed by atoms with Crippen molar-refractivity contribution in [1.29, 1.82) is 0 Å². The number of anilines is 2. The molecule has 1 amide bonds. The van der Waals surface area contributed by atoms with Gasteiger partial charge in [-0.05, 0) is 31.0 Å². The molecule has 1 fully saturated rings. The van der Waals surface area contributed by atoms with Gasteiger partial charge in [0.05, 0.1) is 11.7 Å². The molecule has 1 aliphatic rings. The first-order valence-electron chi connectivity index (χ1n) is 8.02. The number of rotatable bonds is 4. The Hall–Kier alpha value is -1.76. The lowest BCUT2D eigenvalue weighted by molar-refractivity contribution is -0.137. The molecule has 2 rings (SSSR count). The molecule has 0 radical (unpaired) electrons. The van der Waals surface area contributed by atoms with Gasteiger partial charge in [0.25, 0.3) is 0 Å². The second kappa shape index (κ2) is 7.42. The largest absolute Gasteiger partial charge is 0.418 e. The number of halogens is 3. The quantitative estimate of drug-likeness (QED) is 0.900. The zero-order valence-corrected chi connectivity index (χ0v) is 14.1. The molecular weight excluding hydrogens is 321 g/mol. The Morgan fingerprint density at radius 2 is 1.92 bits per heavy atom. The predicted molar refractivity (Wildman–Crippen MR) is 87.2 cm³/mol. The molecule has 0 aliphatic carbocycles. The molecule has 0 unspecified atom stereocenters. The lowest BCUT2D eigenvalue weighted by Gasteiger charge is -2.34. The highest BCUT2D eigenvalue weighted by Crippen LogP contribution is 2.39. The van der Waals surface area contributed by atoms with Crippen molar-refractivity contribution in [2.24, 2.45) is 5.92 Å². The van der Waals surface area contributed by atoms with Crippen LogP contribution in [-0.2, 0) is 15.7 Å². The van der Waals surface area contributed by atoms with E-state index >= 15 is 0 Å².